The monoisotopic (exact) mass is 523 g/mol. The van der Waals surface area contributed by atoms with Crippen molar-refractivity contribution in [1.82, 2.24) is 14.9 Å². The Hall–Kier alpha value is -0.910. The minimum Gasteiger partial charge on any atom is -0.370 e. The van der Waals surface area contributed by atoms with Gasteiger partial charge in [0.25, 0.3) is 0 Å². The molecule has 9 heteroatoms. The summed E-state index contributed by atoms with van der Waals surface area (Å²) in [5.41, 5.74) is 7.63. The summed E-state index contributed by atoms with van der Waals surface area (Å²) in [5, 5.41) is 3.21. The van der Waals surface area contributed by atoms with Gasteiger partial charge in [0.15, 0.2) is 5.96 Å². The van der Waals surface area contributed by atoms with E-state index in [0.29, 0.717) is 18.5 Å². The fourth-order valence-electron chi connectivity index (χ4n) is 3.45. The summed E-state index contributed by atoms with van der Waals surface area (Å²) >= 11 is 0. The average Bonchev–Trinajstić information content (AvgIpc) is 3.05. The predicted molar refractivity (Wildman–Crippen MR) is 126 cm³/mol. The minimum absolute atomic E-state index is 0. The van der Waals surface area contributed by atoms with Crippen LogP contribution >= 0.6 is 24.0 Å². The summed E-state index contributed by atoms with van der Waals surface area (Å²) in [6.45, 7) is 9.14. The molecule has 2 rings (SSSR count). The van der Waals surface area contributed by atoms with Gasteiger partial charge in [0.2, 0.25) is 10.0 Å². The normalized spacial score (nSPS) is 18.3. The zero-order valence-corrected chi connectivity index (χ0v) is 20.2. The lowest BCUT2D eigenvalue weighted by atomic mass is 10.1. The number of benzene rings is 1. The smallest absolute Gasteiger partial charge is 0.216 e. The van der Waals surface area contributed by atoms with Crippen molar-refractivity contribution in [3.63, 3.8) is 0 Å². The van der Waals surface area contributed by atoms with E-state index in [2.05, 4.69) is 26.9 Å². The number of aliphatic imine (C=N–C) groups is 1. The Labute approximate surface area is 186 Å². The van der Waals surface area contributed by atoms with Crippen LogP contribution in [0.5, 0.6) is 0 Å². The molecule has 0 saturated carbocycles. The van der Waals surface area contributed by atoms with Gasteiger partial charge in [-0.1, -0.05) is 31.2 Å². The summed E-state index contributed by atoms with van der Waals surface area (Å²) in [7, 11) is -3.38. The average molecular weight is 523 g/mol. The minimum atomic E-state index is -3.38. The molecular formula is C19H34IN5O2S. The maximum Gasteiger partial charge on any atom is 0.216 e. The SMILES string of the molecule is CCN1CCCC1CNC(N)=NCc1ccccc1CS(=O)(=O)NC(C)C.I. The third-order valence-electron chi connectivity index (χ3n) is 4.72. The van der Waals surface area contributed by atoms with Crippen LogP contribution in [0.25, 0.3) is 0 Å². The number of sulfonamides is 1. The van der Waals surface area contributed by atoms with Gasteiger partial charge in [0.1, 0.15) is 0 Å². The van der Waals surface area contributed by atoms with Crippen molar-refractivity contribution in [1.29, 1.82) is 0 Å². The van der Waals surface area contributed by atoms with E-state index in [4.69, 9.17) is 5.73 Å². The molecule has 1 saturated heterocycles. The Morgan fingerprint density at radius 1 is 1.32 bits per heavy atom. The second-order valence-electron chi connectivity index (χ2n) is 7.31. The zero-order chi connectivity index (χ0) is 19.9. The fourth-order valence-corrected chi connectivity index (χ4v) is 4.94. The predicted octanol–water partition coefficient (Wildman–Crippen LogP) is 2.02. The van der Waals surface area contributed by atoms with E-state index >= 15 is 0 Å². The third kappa shape index (κ3) is 8.22. The van der Waals surface area contributed by atoms with Gasteiger partial charge < -0.3 is 11.1 Å². The molecule has 4 N–H and O–H groups in total. The number of hydrogen-bond donors (Lipinski definition) is 3. The second-order valence-corrected chi connectivity index (χ2v) is 9.06. The molecule has 0 radical (unpaired) electrons. The van der Waals surface area contributed by atoms with Crippen LogP contribution in [0.2, 0.25) is 0 Å². The first-order chi connectivity index (χ1) is 12.8. The largest absolute Gasteiger partial charge is 0.370 e. The number of likely N-dealkylation sites (N-methyl/N-ethyl adjacent to an activating group) is 1. The van der Waals surface area contributed by atoms with E-state index < -0.39 is 10.0 Å². The number of nitrogens with one attached hydrogen (secondary N) is 2. The second kappa shape index (κ2) is 11.9. The molecule has 1 aromatic carbocycles. The molecule has 1 aliphatic rings. The number of rotatable bonds is 9. The lowest BCUT2D eigenvalue weighted by molar-refractivity contribution is 0.267. The Bertz CT molecular complexity index is 740. The highest BCUT2D eigenvalue weighted by atomic mass is 127. The first-order valence-electron chi connectivity index (χ1n) is 9.65. The number of hydrogen-bond acceptors (Lipinski definition) is 4. The molecule has 1 atom stereocenters. The summed E-state index contributed by atoms with van der Waals surface area (Å²) in [5.74, 6) is 0.341. The van der Waals surface area contributed by atoms with Gasteiger partial charge in [-0.15, -0.1) is 24.0 Å². The quantitative estimate of drug-likeness (QED) is 0.261. The summed E-state index contributed by atoms with van der Waals surface area (Å²) in [4.78, 5) is 6.85. The molecule has 0 bridgehead atoms. The highest BCUT2D eigenvalue weighted by Gasteiger charge is 2.22. The van der Waals surface area contributed by atoms with Gasteiger partial charge in [-0.3, -0.25) is 4.90 Å². The number of guanidine groups is 1. The number of halogens is 1. The van der Waals surface area contributed by atoms with Gasteiger partial charge in [0, 0.05) is 18.6 Å². The van der Waals surface area contributed by atoms with Crippen molar-refractivity contribution in [3.05, 3.63) is 35.4 Å². The van der Waals surface area contributed by atoms with Crippen LogP contribution in [0, 0.1) is 0 Å². The van der Waals surface area contributed by atoms with E-state index in [1.807, 2.05) is 38.1 Å². The maximum atomic E-state index is 12.2. The van der Waals surface area contributed by atoms with Crippen molar-refractivity contribution in [3.8, 4) is 0 Å². The van der Waals surface area contributed by atoms with E-state index in [1.54, 1.807) is 0 Å². The number of nitrogens with zero attached hydrogens (tertiary/aromatic N) is 2. The topological polar surface area (TPSA) is 99.8 Å². The third-order valence-corrected chi connectivity index (χ3v) is 6.24. The Balaban J connectivity index is 0.00000392. The molecule has 0 spiro atoms. The molecule has 7 nitrogen and oxygen atoms in total. The van der Waals surface area contributed by atoms with Crippen LogP contribution in [0.3, 0.4) is 0 Å². The summed E-state index contributed by atoms with van der Waals surface area (Å²) < 4.78 is 27.1. The van der Waals surface area contributed by atoms with Crippen LogP contribution in [0.15, 0.2) is 29.3 Å². The Morgan fingerprint density at radius 3 is 2.64 bits per heavy atom. The molecule has 0 aliphatic carbocycles. The van der Waals surface area contributed by atoms with E-state index in [-0.39, 0.29) is 35.8 Å². The van der Waals surface area contributed by atoms with Crippen LogP contribution in [-0.2, 0) is 22.3 Å². The van der Waals surface area contributed by atoms with Crippen LogP contribution in [-0.4, -0.2) is 51.0 Å². The molecule has 0 amide bonds. The van der Waals surface area contributed by atoms with Gasteiger partial charge in [-0.25, -0.2) is 18.1 Å². The first-order valence-corrected chi connectivity index (χ1v) is 11.3. The molecular weight excluding hydrogens is 489 g/mol. The number of nitrogens with two attached hydrogens (primary N) is 1. The van der Waals surface area contributed by atoms with Crippen LogP contribution in [0.1, 0.15) is 44.7 Å². The van der Waals surface area contributed by atoms with Crippen molar-refractivity contribution in [2.45, 2.75) is 58.0 Å². The van der Waals surface area contributed by atoms with E-state index in [9.17, 15) is 8.42 Å². The molecule has 160 valence electrons. The lowest BCUT2D eigenvalue weighted by Gasteiger charge is -2.23. The molecule has 1 aliphatic heterocycles. The highest BCUT2D eigenvalue weighted by molar-refractivity contribution is 14.0. The summed E-state index contributed by atoms with van der Waals surface area (Å²) in [6.07, 6.45) is 2.40. The molecule has 1 unspecified atom stereocenters. The molecule has 28 heavy (non-hydrogen) atoms. The van der Waals surface area contributed by atoms with Gasteiger partial charge in [-0.2, -0.15) is 0 Å². The first kappa shape index (κ1) is 25.1. The van der Waals surface area contributed by atoms with Crippen LogP contribution < -0.4 is 15.8 Å². The molecule has 1 aromatic rings. The maximum absolute atomic E-state index is 12.2. The molecule has 0 aromatic heterocycles. The van der Waals surface area contributed by atoms with Crippen LogP contribution in [0.4, 0.5) is 0 Å². The van der Waals surface area contributed by atoms with Gasteiger partial charge in [0.05, 0.1) is 12.3 Å². The van der Waals surface area contributed by atoms with Crippen molar-refractivity contribution in [2.24, 2.45) is 10.7 Å². The Kier molecular flexibility index (Phi) is 10.7. The van der Waals surface area contributed by atoms with E-state index in [1.165, 1.54) is 12.8 Å². The highest BCUT2D eigenvalue weighted by Crippen LogP contribution is 2.16. The number of likely N-dealkylation sites (tertiary alicyclic amines) is 1. The van der Waals surface area contributed by atoms with E-state index in [0.717, 1.165) is 30.8 Å². The van der Waals surface area contributed by atoms with Crippen molar-refractivity contribution >= 4 is 40.0 Å². The molecule has 1 fully saturated rings. The lowest BCUT2D eigenvalue weighted by Crippen LogP contribution is -2.42. The van der Waals surface area contributed by atoms with Gasteiger partial charge in [-0.05, 0) is 50.9 Å². The van der Waals surface area contributed by atoms with Crippen molar-refractivity contribution < 1.29 is 8.42 Å². The summed E-state index contributed by atoms with van der Waals surface area (Å²) in [6, 6.07) is 7.83. The molecule has 1 heterocycles. The Morgan fingerprint density at radius 2 is 2.00 bits per heavy atom. The van der Waals surface area contributed by atoms with Crippen molar-refractivity contribution in [2.75, 3.05) is 19.6 Å². The standard InChI is InChI=1S/C19H33N5O2S.HI/c1-4-24-11-7-10-18(24)13-22-19(20)21-12-16-8-5-6-9-17(16)14-27(25,26)23-15(2)3;/h5-6,8-9,15,18,23H,4,7,10-14H2,1-3H3,(H3,20,21,22);1H. The fraction of sp³-hybridized carbons (Fsp3) is 0.632. The zero-order valence-electron chi connectivity index (χ0n) is 17.0. The van der Waals surface area contributed by atoms with Gasteiger partial charge >= 0.3 is 0 Å².